The van der Waals surface area contributed by atoms with Crippen molar-refractivity contribution in [1.82, 2.24) is 19.9 Å². The van der Waals surface area contributed by atoms with Crippen molar-refractivity contribution >= 4 is 11.8 Å². The number of nitrogens with zero attached hydrogens (tertiary/aromatic N) is 4. The van der Waals surface area contributed by atoms with Gasteiger partial charge in [0.25, 0.3) is 0 Å². The Kier molecular flexibility index (Phi) is 6.70. The molecule has 1 aliphatic rings. The number of morpholine rings is 1. The van der Waals surface area contributed by atoms with E-state index < -0.39 is 0 Å². The maximum atomic E-state index is 9.28. The number of aliphatic hydroxyl groups excluding tert-OH is 1. The quantitative estimate of drug-likeness (QED) is 0.645. The zero-order valence-corrected chi connectivity index (χ0v) is 15.1. The maximum Gasteiger partial charge on any atom is 0.225 e. The first kappa shape index (κ1) is 18.5. The second kappa shape index (κ2) is 9.42. The minimum Gasteiger partial charge on any atom is -0.394 e. The number of pyridine rings is 1. The summed E-state index contributed by atoms with van der Waals surface area (Å²) in [4.78, 5) is 15.8. The van der Waals surface area contributed by atoms with E-state index in [1.165, 1.54) is 0 Å². The normalized spacial score (nSPS) is 16.2. The molecule has 0 radical (unpaired) electrons. The Labute approximate surface area is 153 Å². The van der Waals surface area contributed by atoms with Gasteiger partial charge in [0, 0.05) is 44.5 Å². The number of ether oxygens (including phenoxy) is 1. The molecule has 2 aromatic heterocycles. The largest absolute Gasteiger partial charge is 0.394 e. The minimum absolute atomic E-state index is 0.0109. The van der Waals surface area contributed by atoms with Crippen LogP contribution in [-0.4, -0.2) is 77.0 Å². The molecule has 0 aromatic carbocycles. The molecule has 3 N–H and O–H groups in total. The highest BCUT2D eigenvalue weighted by Gasteiger charge is 2.12. The van der Waals surface area contributed by atoms with Gasteiger partial charge in [-0.25, -0.2) is 4.98 Å². The first-order valence-corrected chi connectivity index (χ1v) is 8.96. The summed E-state index contributed by atoms with van der Waals surface area (Å²) < 4.78 is 5.37. The summed E-state index contributed by atoms with van der Waals surface area (Å²) in [5.41, 5.74) is 1.52. The van der Waals surface area contributed by atoms with Crippen LogP contribution in [-0.2, 0) is 4.74 Å². The van der Waals surface area contributed by atoms with Crippen molar-refractivity contribution < 1.29 is 9.84 Å². The molecule has 3 rings (SSSR count). The average molecular weight is 358 g/mol. The lowest BCUT2D eigenvalue weighted by Gasteiger charge is -2.26. The molecular formula is C18H26N6O2. The summed E-state index contributed by atoms with van der Waals surface area (Å²) in [5, 5.41) is 15.8. The summed E-state index contributed by atoms with van der Waals surface area (Å²) in [6.07, 6.45) is 1.74. The third-order valence-corrected chi connectivity index (χ3v) is 4.14. The van der Waals surface area contributed by atoms with Gasteiger partial charge >= 0.3 is 0 Å². The van der Waals surface area contributed by atoms with Gasteiger partial charge in [-0.3, -0.25) is 9.88 Å². The van der Waals surface area contributed by atoms with Crippen LogP contribution >= 0.6 is 0 Å². The van der Waals surface area contributed by atoms with E-state index in [1.54, 1.807) is 6.20 Å². The van der Waals surface area contributed by atoms with Crippen LogP contribution in [0.2, 0.25) is 0 Å². The first-order chi connectivity index (χ1) is 12.7. The van der Waals surface area contributed by atoms with Gasteiger partial charge in [-0.05, 0) is 19.1 Å². The molecule has 1 saturated heterocycles. The van der Waals surface area contributed by atoms with E-state index in [1.807, 2.05) is 31.2 Å². The fourth-order valence-corrected chi connectivity index (χ4v) is 2.68. The third kappa shape index (κ3) is 5.35. The second-order valence-electron chi connectivity index (χ2n) is 6.29. The molecule has 1 atom stereocenters. The standard InChI is InChI=1S/C18H26N6O2/c1-14(13-25)21-18-22-16(15-4-2-3-5-19-15)12-17(23-18)20-6-7-24-8-10-26-11-9-24/h2-5,12,14,25H,6-11,13H2,1H3,(H2,20,21,22,23)/t14-/m0/s1. The van der Waals surface area contributed by atoms with Gasteiger partial charge in [-0.15, -0.1) is 0 Å². The van der Waals surface area contributed by atoms with Gasteiger partial charge in [0.2, 0.25) is 5.95 Å². The van der Waals surface area contributed by atoms with Crippen LogP contribution in [0.3, 0.4) is 0 Å². The Hall–Kier alpha value is -2.29. The molecule has 0 unspecified atom stereocenters. The van der Waals surface area contributed by atoms with Crippen LogP contribution in [0.4, 0.5) is 11.8 Å². The van der Waals surface area contributed by atoms with Gasteiger partial charge in [0.1, 0.15) is 5.82 Å². The zero-order chi connectivity index (χ0) is 18.2. The van der Waals surface area contributed by atoms with Gasteiger partial charge in [0.05, 0.1) is 31.2 Å². The fourth-order valence-electron chi connectivity index (χ4n) is 2.68. The van der Waals surface area contributed by atoms with Crippen molar-refractivity contribution in [3.05, 3.63) is 30.5 Å². The maximum absolute atomic E-state index is 9.28. The first-order valence-electron chi connectivity index (χ1n) is 8.96. The van der Waals surface area contributed by atoms with Crippen LogP contribution in [0.15, 0.2) is 30.5 Å². The molecule has 8 nitrogen and oxygen atoms in total. The van der Waals surface area contributed by atoms with Crippen molar-refractivity contribution in [2.24, 2.45) is 0 Å². The molecule has 0 saturated carbocycles. The van der Waals surface area contributed by atoms with Crippen molar-refractivity contribution in [2.45, 2.75) is 13.0 Å². The van der Waals surface area contributed by atoms with Gasteiger partial charge in [0.15, 0.2) is 0 Å². The Morgan fingerprint density at radius 2 is 2.08 bits per heavy atom. The van der Waals surface area contributed by atoms with E-state index >= 15 is 0 Å². The number of nitrogens with one attached hydrogen (secondary N) is 2. The zero-order valence-electron chi connectivity index (χ0n) is 15.1. The summed E-state index contributed by atoms with van der Waals surface area (Å²) in [6, 6.07) is 7.49. The second-order valence-corrected chi connectivity index (χ2v) is 6.29. The van der Waals surface area contributed by atoms with Gasteiger partial charge in [-0.1, -0.05) is 6.07 Å². The van der Waals surface area contributed by atoms with E-state index in [9.17, 15) is 5.11 Å². The van der Waals surface area contributed by atoms with Crippen LogP contribution in [0.25, 0.3) is 11.4 Å². The van der Waals surface area contributed by atoms with Gasteiger partial charge in [-0.2, -0.15) is 4.98 Å². The number of hydrogen-bond acceptors (Lipinski definition) is 8. The molecule has 0 spiro atoms. The van der Waals surface area contributed by atoms with Crippen molar-refractivity contribution in [1.29, 1.82) is 0 Å². The molecule has 26 heavy (non-hydrogen) atoms. The summed E-state index contributed by atoms with van der Waals surface area (Å²) in [6.45, 7) is 7.13. The number of hydrogen-bond donors (Lipinski definition) is 3. The molecule has 1 fully saturated rings. The predicted molar refractivity (Wildman–Crippen MR) is 101 cm³/mol. The summed E-state index contributed by atoms with van der Waals surface area (Å²) >= 11 is 0. The highest BCUT2D eigenvalue weighted by Crippen LogP contribution is 2.19. The monoisotopic (exact) mass is 358 g/mol. The molecule has 2 aromatic rings. The van der Waals surface area contributed by atoms with E-state index in [4.69, 9.17) is 4.74 Å². The van der Waals surface area contributed by atoms with Crippen LogP contribution in [0.1, 0.15) is 6.92 Å². The van der Waals surface area contributed by atoms with Crippen LogP contribution in [0.5, 0.6) is 0 Å². The Balaban J connectivity index is 1.71. The van der Waals surface area contributed by atoms with Crippen molar-refractivity contribution in [2.75, 3.05) is 56.6 Å². The lowest BCUT2D eigenvalue weighted by Crippen LogP contribution is -2.39. The molecule has 0 bridgehead atoms. The molecule has 0 aliphatic carbocycles. The minimum atomic E-state index is -0.129. The lowest BCUT2D eigenvalue weighted by molar-refractivity contribution is 0.0398. The molecule has 0 amide bonds. The molecule has 140 valence electrons. The highest BCUT2D eigenvalue weighted by atomic mass is 16.5. The molecule has 3 heterocycles. The Morgan fingerprint density at radius 3 is 2.81 bits per heavy atom. The summed E-state index contributed by atoms with van der Waals surface area (Å²) in [7, 11) is 0. The average Bonchev–Trinajstić information content (AvgIpc) is 2.69. The molecule has 8 heteroatoms. The van der Waals surface area contributed by atoms with Crippen LogP contribution < -0.4 is 10.6 Å². The van der Waals surface area contributed by atoms with Crippen molar-refractivity contribution in [3.8, 4) is 11.4 Å². The van der Waals surface area contributed by atoms with Crippen LogP contribution in [0, 0.1) is 0 Å². The lowest BCUT2D eigenvalue weighted by atomic mass is 10.2. The van der Waals surface area contributed by atoms with E-state index in [0.29, 0.717) is 5.95 Å². The van der Waals surface area contributed by atoms with Crippen molar-refractivity contribution in [3.63, 3.8) is 0 Å². The summed E-state index contributed by atoms with van der Waals surface area (Å²) in [5.74, 6) is 1.21. The Morgan fingerprint density at radius 1 is 1.23 bits per heavy atom. The van der Waals surface area contributed by atoms with E-state index in [2.05, 4.69) is 30.5 Å². The number of anilines is 2. The fraction of sp³-hybridized carbons (Fsp3) is 0.500. The smallest absolute Gasteiger partial charge is 0.225 e. The SMILES string of the molecule is C[C@@H](CO)Nc1nc(NCCN2CCOCC2)cc(-c2ccccn2)n1. The topological polar surface area (TPSA) is 95.4 Å². The highest BCUT2D eigenvalue weighted by molar-refractivity contribution is 5.60. The number of aliphatic hydroxyl groups is 1. The third-order valence-electron chi connectivity index (χ3n) is 4.14. The van der Waals surface area contributed by atoms with E-state index in [-0.39, 0.29) is 12.6 Å². The molecule has 1 aliphatic heterocycles. The van der Waals surface area contributed by atoms with Gasteiger partial charge < -0.3 is 20.5 Å². The number of aromatic nitrogens is 3. The Bertz CT molecular complexity index is 679. The van der Waals surface area contributed by atoms with E-state index in [0.717, 1.165) is 56.6 Å². The number of rotatable bonds is 8. The molecular weight excluding hydrogens is 332 g/mol. The predicted octanol–water partition coefficient (Wildman–Crippen LogP) is 1.08.